The van der Waals surface area contributed by atoms with Crippen molar-refractivity contribution >= 4 is 10.8 Å². The smallest absolute Gasteiger partial charge is 0.120 e. The van der Waals surface area contributed by atoms with Crippen LogP contribution in [0.5, 0.6) is 5.75 Å². The highest BCUT2D eigenvalue weighted by Crippen LogP contribution is 2.30. The van der Waals surface area contributed by atoms with Crippen molar-refractivity contribution in [2.24, 2.45) is 0 Å². The molecule has 130 valence electrons. The predicted molar refractivity (Wildman–Crippen MR) is 99.8 cm³/mol. The van der Waals surface area contributed by atoms with Gasteiger partial charge in [0.1, 0.15) is 18.5 Å². The molecule has 2 aromatic carbocycles. The molecule has 0 aliphatic carbocycles. The van der Waals surface area contributed by atoms with E-state index in [0.29, 0.717) is 19.2 Å². The third-order valence-corrected chi connectivity index (χ3v) is 4.95. The molecule has 2 heterocycles. The van der Waals surface area contributed by atoms with E-state index in [0.717, 1.165) is 24.1 Å². The first-order valence-electron chi connectivity index (χ1n) is 8.96. The van der Waals surface area contributed by atoms with Gasteiger partial charge in [0.25, 0.3) is 0 Å². The van der Waals surface area contributed by atoms with Gasteiger partial charge in [0.05, 0.1) is 0 Å². The van der Waals surface area contributed by atoms with Gasteiger partial charge in [-0.25, -0.2) is 0 Å². The topological polar surface area (TPSA) is 48.5 Å². The van der Waals surface area contributed by atoms with Gasteiger partial charge in [-0.3, -0.25) is 4.90 Å². The Labute approximate surface area is 148 Å². The molecular formula is C21H24N2O2. The van der Waals surface area contributed by atoms with Gasteiger partial charge in [-0.2, -0.15) is 0 Å². The van der Waals surface area contributed by atoms with Crippen molar-refractivity contribution in [3.63, 3.8) is 0 Å². The molecule has 4 rings (SSSR count). The van der Waals surface area contributed by atoms with Crippen LogP contribution in [0.25, 0.3) is 10.8 Å². The van der Waals surface area contributed by atoms with Crippen LogP contribution in [-0.4, -0.2) is 40.8 Å². The second kappa shape index (κ2) is 7.30. The molecule has 0 amide bonds. The van der Waals surface area contributed by atoms with Crippen LogP contribution in [0.1, 0.15) is 24.6 Å². The number of ether oxygens (including phenoxy) is 1. The predicted octanol–water partition coefficient (Wildman–Crippen LogP) is 3.74. The first kappa shape index (κ1) is 16.2. The van der Waals surface area contributed by atoms with Crippen LogP contribution in [0.2, 0.25) is 0 Å². The van der Waals surface area contributed by atoms with E-state index in [1.165, 1.54) is 17.5 Å². The fourth-order valence-electron chi connectivity index (χ4n) is 3.72. The maximum absolute atomic E-state index is 10.4. The number of nitrogens with one attached hydrogen (secondary N) is 1. The molecule has 1 saturated heterocycles. The maximum Gasteiger partial charge on any atom is 0.120 e. The summed E-state index contributed by atoms with van der Waals surface area (Å²) in [4.78, 5) is 5.65. The lowest BCUT2D eigenvalue weighted by Gasteiger charge is -2.26. The number of hydrogen-bond donors (Lipinski definition) is 2. The van der Waals surface area contributed by atoms with Gasteiger partial charge in [-0.05, 0) is 54.4 Å². The Bertz CT molecular complexity index is 816. The standard InChI is InChI=1S/C21H24N2O2/c24-18(14-23-12-4-8-21(23)20-7-3-11-22-20)15-25-19-10-9-16-5-1-2-6-17(16)13-19/h1-3,5-7,9-11,13,18,21-22,24H,4,8,12,14-15H2. The Morgan fingerprint density at radius 2 is 2.00 bits per heavy atom. The van der Waals surface area contributed by atoms with E-state index in [1.807, 2.05) is 36.5 Å². The molecule has 1 aliphatic rings. The zero-order valence-electron chi connectivity index (χ0n) is 14.3. The summed E-state index contributed by atoms with van der Waals surface area (Å²) in [6, 6.07) is 18.8. The Hall–Kier alpha value is -2.30. The number of aromatic amines is 1. The summed E-state index contributed by atoms with van der Waals surface area (Å²) in [6.07, 6.45) is 3.77. The van der Waals surface area contributed by atoms with E-state index in [1.54, 1.807) is 0 Å². The molecule has 0 spiro atoms. The minimum absolute atomic E-state index is 0.312. The van der Waals surface area contributed by atoms with Crippen molar-refractivity contribution in [3.05, 3.63) is 66.5 Å². The molecule has 0 saturated carbocycles. The fourth-order valence-corrected chi connectivity index (χ4v) is 3.72. The monoisotopic (exact) mass is 336 g/mol. The van der Waals surface area contributed by atoms with Crippen molar-refractivity contribution in [3.8, 4) is 5.75 Å². The number of benzene rings is 2. The van der Waals surface area contributed by atoms with Crippen LogP contribution in [0.15, 0.2) is 60.8 Å². The lowest BCUT2D eigenvalue weighted by Crippen LogP contribution is -2.35. The molecular weight excluding hydrogens is 312 g/mol. The van der Waals surface area contributed by atoms with Gasteiger partial charge < -0.3 is 14.8 Å². The van der Waals surface area contributed by atoms with Crippen molar-refractivity contribution < 1.29 is 9.84 Å². The van der Waals surface area contributed by atoms with Crippen LogP contribution < -0.4 is 4.74 Å². The van der Waals surface area contributed by atoms with Crippen LogP contribution in [-0.2, 0) is 0 Å². The Morgan fingerprint density at radius 3 is 2.84 bits per heavy atom. The summed E-state index contributed by atoms with van der Waals surface area (Å²) in [5.74, 6) is 0.806. The highest BCUT2D eigenvalue weighted by molar-refractivity contribution is 5.83. The van der Waals surface area contributed by atoms with Gasteiger partial charge in [0.2, 0.25) is 0 Å². The lowest BCUT2D eigenvalue weighted by molar-refractivity contribution is 0.0634. The molecule has 1 fully saturated rings. The van der Waals surface area contributed by atoms with Crippen LogP contribution in [0.4, 0.5) is 0 Å². The third kappa shape index (κ3) is 3.70. The number of hydrogen-bond acceptors (Lipinski definition) is 3. The number of aliphatic hydroxyl groups is 1. The molecule has 0 radical (unpaired) electrons. The van der Waals surface area contributed by atoms with Gasteiger partial charge in [0, 0.05) is 24.5 Å². The van der Waals surface area contributed by atoms with Crippen molar-refractivity contribution in [1.29, 1.82) is 0 Å². The van der Waals surface area contributed by atoms with E-state index in [9.17, 15) is 5.11 Å². The van der Waals surface area contributed by atoms with E-state index < -0.39 is 6.10 Å². The maximum atomic E-state index is 10.4. The Morgan fingerprint density at radius 1 is 1.12 bits per heavy atom. The van der Waals surface area contributed by atoms with Gasteiger partial charge in [-0.1, -0.05) is 30.3 Å². The Kier molecular flexibility index (Phi) is 4.72. The first-order valence-corrected chi connectivity index (χ1v) is 8.96. The molecule has 2 atom stereocenters. The molecule has 2 N–H and O–H groups in total. The minimum atomic E-state index is -0.498. The molecule has 3 aromatic rings. The van der Waals surface area contributed by atoms with Crippen LogP contribution in [0.3, 0.4) is 0 Å². The molecule has 0 bridgehead atoms. The van der Waals surface area contributed by atoms with Crippen LogP contribution in [0, 0.1) is 0 Å². The molecule has 4 heteroatoms. The summed E-state index contributed by atoms with van der Waals surface area (Å²) >= 11 is 0. The quantitative estimate of drug-likeness (QED) is 0.721. The van der Waals surface area contributed by atoms with Crippen molar-refractivity contribution in [1.82, 2.24) is 9.88 Å². The molecule has 4 nitrogen and oxygen atoms in total. The molecule has 25 heavy (non-hydrogen) atoms. The number of fused-ring (bicyclic) bond motifs is 1. The summed E-state index contributed by atoms with van der Waals surface area (Å²) < 4.78 is 5.83. The average Bonchev–Trinajstić information content (AvgIpc) is 3.31. The summed E-state index contributed by atoms with van der Waals surface area (Å²) in [6.45, 7) is 1.97. The normalized spacial score (nSPS) is 19.3. The summed E-state index contributed by atoms with van der Waals surface area (Å²) in [5.41, 5.74) is 1.24. The zero-order valence-corrected chi connectivity index (χ0v) is 14.3. The van der Waals surface area contributed by atoms with E-state index in [2.05, 4.69) is 34.1 Å². The second-order valence-electron chi connectivity index (χ2n) is 6.75. The van der Waals surface area contributed by atoms with Gasteiger partial charge in [-0.15, -0.1) is 0 Å². The number of rotatable bonds is 6. The SMILES string of the molecule is OC(COc1ccc2ccccc2c1)CN1CCCC1c1ccc[nH]1. The van der Waals surface area contributed by atoms with E-state index >= 15 is 0 Å². The number of β-amino-alcohol motifs (C(OH)–C–C–N with tert-alkyl or cyclic N) is 1. The minimum Gasteiger partial charge on any atom is -0.491 e. The second-order valence-corrected chi connectivity index (χ2v) is 6.75. The highest BCUT2D eigenvalue weighted by Gasteiger charge is 2.28. The highest BCUT2D eigenvalue weighted by atomic mass is 16.5. The molecule has 1 aromatic heterocycles. The average molecular weight is 336 g/mol. The first-order chi connectivity index (χ1) is 12.3. The van der Waals surface area contributed by atoms with Gasteiger partial charge in [0.15, 0.2) is 0 Å². The number of aliphatic hydroxyl groups excluding tert-OH is 1. The van der Waals surface area contributed by atoms with Crippen LogP contribution >= 0.6 is 0 Å². The lowest BCUT2D eigenvalue weighted by atomic mass is 10.1. The third-order valence-electron chi connectivity index (χ3n) is 4.95. The number of aromatic nitrogens is 1. The van der Waals surface area contributed by atoms with Crippen molar-refractivity contribution in [2.75, 3.05) is 19.7 Å². The largest absolute Gasteiger partial charge is 0.491 e. The van der Waals surface area contributed by atoms with E-state index in [4.69, 9.17) is 4.74 Å². The molecule has 1 aliphatic heterocycles. The number of H-pyrrole nitrogens is 1. The summed E-state index contributed by atoms with van der Waals surface area (Å²) in [5, 5.41) is 12.8. The van der Waals surface area contributed by atoms with E-state index in [-0.39, 0.29) is 0 Å². The number of nitrogens with zero attached hydrogens (tertiary/aromatic N) is 1. The number of likely N-dealkylation sites (tertiary alicyclic amines) is 1. The Balaban J connectivity index is 1.34. The zero-order chi connectivity index (χ0) is 17.1. The molecule has 2 unspecified atom stereocenters. The summed E-state index contributed by atoms with van der Waals surface area (Å²) in [7, 11) is 0. The van der Waals surface area contributed by atoms with Gasteiger partial charge >= 0.3 is 0 Å². The fraction of sp³-hybridized carbons (Fsp3) is 0.333. The van der Waals surface area contributed by atoms with Crippen molar-refractivity contribution in [2.45, 2.75) is 25.0 Å².